The maximum absolute atomic E-state index is 12.8. The molecule has 0 aliphatic heterocycles. The molecule has 0 amide bonds. The van der Waals surface area contributed by atoms with E-state index in [0.717, 1.165) is 0 Å². The zero-order valence-electron chi connectivity index (χ0n) is 7.96. The summed E-state index contributed by atoms with van der Waals surface area (Å²) in [7, 11) is 0. The average molecular weight is 202 g/mol. The van der Waals surface area contributed by atoms with Crippen LogP contribution in [0.1, 0.15) is 31.0 Å². The number of aryl methyl sites for hydroxylation is 1. The molecule has 0 bridgehead atoms. The van der Waals surface area contributed by atoms with Crippen LogP contribution in [0.4, 0.5) is 8.78 Å². The molecule has 0 radical (unpaired) electrons. The molecule has 1 heterocycles. The van der Waals surface area contributed by atoms with Crippen molar-refractivity contribution in [3.05, 3.63) is 11.7 Å². The van der Waals surface area contributed by atoms with Gasteiger partial charge in [-0.05, 0) is 12.3 Å². The minimum atomic E-state index is -2.48. The Balaban J connectivity index is 1.94. The molecule has 1 aliphatic rings. The number of hydrogen-bond acceptors (Lipinski definition) is 3. The van der Waals surface area contributed by atoms with Crippen molar-refractivity contribution >= 4 is 0 Å². The number of alkyl halides is 2. The maximum atomic E-state index is 12.8. The number of halogens is 2. The Kier molecular flexibility index (Phi) is 2.25. The van der Waals surface area contributed by atoms with Crippen molar-refractivity contribution in [1.82, 2.24) is 10.1 Å². The van der Waals surface area contributed by atoms with Gasteiger partial charge < -0.3 is 4.52 Å². The third-order valence-corrected chi connectivity index (χ3v) is 2.55. The van der Waals surface area contributed by atoms with Gasteiger partial charge in [-0.3, -0.25) is 0 Å². The predicted octanol–water partition coefficient (Wildman–Crippen LogP) is 2.36. The molecule has 1 fully saturated rings. The lowest BCUT2D eigenvalue weighted by molar-refractivity contribution is 0.00499. The van der Waals surface area contributed by atoms with Crippen molar-refractivity contribution in [2.24, 2.45) is 5.92 Å². The van der Waals surface area contributed by atoms with Crippen molar-refractivity contribution in [1.29, 1.82) is 0 Å². The Morgan fingerprint density at radius 1 is 1.57 bits per heavy atom. The van der Waals surface area contributed by atoms with Crippen LogP contribution in [0.3, 0.4) is 0 Å². The van der Waals surface area contributed by atoms with Crippen LogP contribution in [0, 0.1) is 12.8 Å². The van der Waals surface area contributed by atoms with E-state index in [4.69, 9.17) is 4.52 Å². The molecule has 0 spiro atoms. The highest BCUT2D eigenvalue weighted by molar-refractivity contribution is 4.91. The van der Waals surface area contributed by atoms with Crippen LogP contribution in [0.25, 0.3) is 0 Å². The van der Waals surface area contributed by atoms with Crippen LogP contribution in [0.15, 0.2) is 4.52 Å². The smallest absolute Gasteiger partial charge is 0.248 e. The number of rotatable bonds is 2. The Bertz CT molecular complexity index is 324. The fourth-order valence-electron chi connectivity index (χ4n) is 1.90. The highest BCUT2D eigenvalue weighted by Gasteiger charge is 2.39. The van der Waals surface area contributed by atoms with Crippen LogP contribution < -0.4 is 0 Å². The minimum Gasteiger partial charge on any atom is -0.340 e. The molecule has 1 saturated carbocycles. The summed E-state index contributed by atoms with van der Waals surface area (Å²) >= 11 is 0. The van der Waals surface area contributed by atoms with Crippen molar-refractivity contribution < 1.29 is 13.3 Å². The van der Waals surface area contributed by atoms with E-state index >= 15 is 0 Å². The van der Waals surface area contributed by atoms with Gasteiger partial charge in [0.05, 0.1) is 0 Å². The molecule has 0 aromatic carbocycles. The third kappa shape index (κ3) is 2.08. The van der Waals surface area contributed by atoms with Crippen LogP contribution in [0.2, 0.25) is 0 Å². The molecule has 0 N–H and O–H groups in total. The molecule has 5 heteroatoms. The second-order valence-electron chi connectivity index (χ2n) is 3.90. The fraction of sp³-hybridized carbons (Fsp3) is 0.778. The molecular formula is C9H12F2N2O. The van der Waals surface area contributed by atoms with Crippen molar-refractivity contribution in [2.45, 2.75) is 38.5 Å². The van der Waals surface area contributed by atoms with Gasteiger partial charge in [-0.25, -0.2) is 8.78 Å². The monoisotopic (exact) mass is 202 g/mol. The molecular weight excluding hydrogens is 190 g/mol. The summed E-state index contributed by atoms with van der Waals surface area (Å²) in [6.45, 7) is 1.69. The molecule has 3 nitrogen and oxygen atoms in total. The first kappa shape index (κ1) is 9.55. The Hall–Kier alpha value is -1.00. The van der Waals surface area contributed by atoms with Gasteiger partial charge in [0.1, 0.15) is 0 Å². The van der Waals surface area contributed by atoms with Gasteiger partial charge in [-0.2, -0.15) is 4.98 Å². The molecule has 0 saturated heterocycles. The summed E-state index contributed by atoms with van der Waals surface area (Å²) in [5.41, 5.74) is 0. The highest BCUT2D eigenvalue weighted by atomic mass is 19.3. The van der Waals surface area contributed by atoms with Crippen LogP contribution in [-0.4, -0.2) is 16.1 Å². The van der Waals surface area contributed by atoms with Gasteiger partial charge >= 0.3 is 0 Å². The van der Waals surface area contributed by atoms with Crippen LogP contribution in [-0.2, 0) is 6.42 Å². The number of aromatic nitrogens is 2. The summed E-state index contributed by atoms with van der Waals surface area (Å²) in [6.07, 6.45) is 1.02. The van der Waals surface area contributed by atoms with Gasteiger partial charge in [0.15, 0.2) is 5.82 Å². The van der Waals surface area contributed by atoms with Crippen molar-refractivity contribution in [3.8, 4) is 0 Å². The van der Waals surface area contributed by atoms with Gasteiger partial charge in [-0.15, -0.1) is 0 Å². The molecule has 14 heavy (non-hydrogen) atoms. The Morgan fingerprint density at radius 2 is 2.36 bits per heavy atom. The molecule has 1 aliphatic carbocycles. The first-order valence-electron chi connectivity index (χ1n) is 4.72. The lowest BCUT2D eigenvalue weighted by Crippen LogP contribution is -2.10. The summed E-state index contributed by atoms with van der Waals surface area (Å²) < 4.78 is 30.5. The Labute approximate surface area is 80.5 Å². The molecule has 1 aromatic rings. The largest absolute Gasteiger partial charge is 0.340 e. The zero-order chi connectivity index (χ0) is 10.2. The third-order valence-electron chi connectivity index (χ3n) is 2.55. The standard InChI is InChI=1S/C9H12F2N2O/c1-6-12-8(13-14-6)4-7-2-3-9(10,11)5-7/h7H,2-5H2,1H3. The highest BCUT2D eigenvalue weighted by Crippen LogP contribution is 2.39. The second-order valence-corrected chi connectivity index (χ2v) is 3.90. The second kappa shape index (κ2) is 3.29. The summed E-state index contributed by atoms with van der Waals surface area (Å²) in [4.78, 5) is 4.00. The van der Waals surface area contributed by atoms with E-state index in [-0.39, 0.29) is 18.8 Å². The molecule has 2 rings (SSSR count). The fourth-order valence-corrected chi connectivity index (χ4v) is 1.90. The zero-order valence-corrected chi connectivity index (χ0v) is 7.96. The quantitative estimate of drug-likeness (QED) is 0.738. The van der Waals surface area contributed by atoms with Crippen LogP contribution >= 0.6 is 0 Å². The minimum absolute atomic E-state index is 0.00185. The Morgan fingerprint density at radius 3 is 2.86 bits per heavy atom. The first-order chi connectivity index (χ1) is 6.55. The van der Waals surface area contributed by atoms with Crippen molar-refractivity contribution in [3.63, 3.8) is 0 Å². The summed E-state index contributed by atoms with van der Waals surface area (Å²) in [5.74, 6) is -1.44. The van der Waals surface area contributed by atoms with Gasteiger partial charge in [-0.1, -0.05) is 5.16 Å². The van der Waals surface area contributed by atoms with E-state index in [2.05, 4.69) is 10.1 Å². The first-order valence-corrected chi connectivity index (χ1v) is 4.72. The molecule has 78 valence electrons. The molecule has 1 aromatic heterocycles. The predicted molar refractivity (Wildman–Crippen MR) is 45.0 cm³/mol. The average Bonchev–Trinajstić information content (AvgIpc) is 2.59. The van der Waals surface area contributed by atoms with E-state index in [0.29, 0.717) is 24.6 Å². The van der Waals surface area contributed by atoms with E-state index in [1.165, 1.54) is 0 Å². The molecule has 1 unspecified atom stereocenters. The number of hydrogen-bond donors (Lipinski definition) is 0. The van der Waals surface area contributed by atoms with E-state index in [1.54, 1.807) is 6.92 Å². The van der Waals surface area contributed by atoms with Gasteiger partial charge in [0.25, 0.3) is 0 Å². The summed E-state index contributed by atoms with van der Waals surface area (Å²) in [5, 5.41) is 3.70. The SMILES string of the molecule is Cc1nc(CC2CCC(F)(F)C2)no1. The van der Waals surface area contributed by atoms with Gasteiger partial charge in [0, 0.05) is 26.2 Å². The van der Waals surface area contributed by atoms with Crippen molar-refractivity contribution in [2.75, 3.05) is 0 Å². The van der Waals surface area contributed by atoms with Gasteiger partial charge in [0.2, 0.25) is 11.8 Å². The molecule has 1 atom stereocenters. The van der Waals surface area contributed by atoms with E-state index < -0.39 is 5.92 Å². The normalized spacial score (nSPS) is 25.5. The lowest BCUT2D eigenvalue weighted by atomic mass is 10.0. The van der Waals surface area contributed by atoms with E-state index in [9.17, 15) is 8.78 Å². The number of nitrogens with zero attached hydrogens (tertiary/aromatic N) is 2. The topological polar surface area (TPSA) is 38.9 Å². The van der Waals surface area contributed by atoms with E-state index in [1.807, 2.05) is 0 Å². The summed E-state index contributed by atoms with van der Waals surface area (Å²) in [6, 6.07) is 0. The maximum Gasteiger partial charge on any atom is 0.248 e. The lowest BCUT2D eigenvalue weighted by Gasteiger charge is -2.07. The van der Waals surface area contributed by atoms with Crippen LogP contribution in [0.5, 0.6) is 0 Å².